The summed E-state index contributed by atoms with van der Waals surface area (Å²) < 4.78 is 0. The molecular formula is C19H27N. The third-order valence-corrected chi connectivity index (χ3v) is 6.49. The number of nitrogens with two attached hydrogens (primary N) is 1. The summed E-state index contributed by atoms with van der Waals surface area (Å²) in [5, 5.41) is 0. The second kappa shape index (κ2) is 3.88. The fourth-order valence-electron chi connectivity index (χ4n) is 6.90. The van der Waals surface area contributed by atoms with Crippen molar-refractivity contribution in [3.63, 3.8) is 0 Å². The maximum Gasteiger partial charge on any atom is 0.0352 e. The molecule has 0 aliphatic heterocycles. The molecule has 5 rings (SSSR count). The number of hydrogen-bond acceptors (Lipinski definition) is 1. The van der Waals surface area contributed by atoms with E-state index in [1.807, 2.05) is 0 Å². The van der Waals surface area contributed by atoms with Crippen LogP contribution in [0.4, 0.5) is 0 Å². The summed E-state index contributed by atoms with van der Waals surface area (Å²) >= 11 is 0. The standard InChI is InChI=1S/C19H27N/c1-17-8-14-9-18(2,11-17)13-19(10-14,12-17)16(20)15-6-4-3-5-7-15/h3-7,14,16H,8-13,20H2,1-2H3. The highest BCUT2D eigenvalue weighted by Gasteiger charge is 2.61. The van der Waals surface area contributed by atoms with Gasteiger partial charge in [-0.05, 0) is 66.3 Å². The molecule has 0 heterocycles. The first-order chi connectivity index (χ1) is 9.42. The summed E-state index contributed by atoms with van der Waals surface area (Å²) in [5.74, 6) is 0.927. The molecule has 1 aromatic carbocycles. The summed E-state index contributed by atoms with van der Waals surface area (Å²) in [6.07, 6.45) is 8.40. The van der Waals surface area contributed by atoms with E-state index in [0.717, 1.165) is 5.92 Å². The summed E-state index contributed by atoms with van der Waals surface area (Å²) in [5.41, 5.74) is 9.64. The van der Waals surface area contributed by atoms with Crippen LogP contribution in [0.1, 0.15) is 64.0 Å². The minimum Gasteiger partial charge on any atom is -0.323 e. The molecular weight excluding hydrogens is 242 g/mol. The Bertz CT molecular complexity index is 502. The highest BCUT2D eigenvalue weighted by Crippen LogP contribution is 2.71. The Hall–Kier alpha value is -0.820. The van der Waals surface area contributed by atoms with Crippen LogP contribution < -0.4 is 5.73 Å². The largest absolute Gasteiger partial charge is 0.323 e. The molecule has 4 fully saturated rings. The van der Waals surface area contributed by atoms with E-state index in [-0.39, 0.29) is 6.04 Å². The van der Waals surface area contributed by atoms with E-state index in [1.54, 1.807) is 0 Å². The van der Waals surface area contributed by atoms with Gasteiger partial charge < -0.3 is 5.73 Å². The summed E-state index contributed by atoms with van der Waals surface area (Å²) in [6, 6.07) is 11.1. The molecule has 4 aliphatic rings. The Morgan fingerprint density at radius 1 is 0.950 bits per heavy atom. The van der Waals surface area contributed by atoms with Crippen LogP contribution in [0, 0.1) is 22.2 Å². The lowest BCUT2D eigenvalue weighted by atomic mass is 9.39. The van der Waals surface area contributed by atoms with Gasteiger partial charge in [-0.1, -0.05) is 44.2 Å². The van der Waals surface area contributed by atoms with E-state index >= 15 is 0 Å². The fraction of sp³-hybridized carbons (Fsp3) is 0.684. The molecule has 0 saturated heterocycles. The predicted molar refractivity (Wildman–Crippen MR) is 83.2 cm³/mol. The van der Waals surface area contributed by atoms with Gasteiger partial charge >= 0.3 is 0 Å². The lowest BCUT2D eigenvalue weighted by Gasteiger charge is -2.67. The average Bonchev–Trinajstić information content (AvgIpc) is 2.34. The maximum absolute atomic E-state index is 6.81. The van der Waals surface area contributed by atoms with Crippen LogP contribution in [0.15, 0.2) is 30.3 Å². The Morgan fingerprint density at radius 2 is 1.55 bits per heavy atom. The van der Waals surface area contributed by atoms with Gasteiger partial charge in [0.15, 0.2) is 0 Å². The molecule has 0 radical (unpaired) electrons. The van der Waals surface area contributed by atoms with Crippen molar-refractivity contribution in [2.24, 2.45) is 27.9 Å². The van der Waals surface area contributed by atoms with Crippen molar-refractivity contribution in [2.75, 3.05) is 0 Å². The van der Waals surface area contributed by atoms with Gasteiger partial charge in [0.2, 0.25) is 0 Å². The zero-order valence-electron chi connectivity index (χ0n) is 12.9. The van der Waals surface area contributed by atoms with Crippen LogP contribution in [-0.2, 0) is 0 Å². The topological polar surface area (TPSA) is 26.0 Å². The van der Waals surface area contributed by atoms with Crippen LogP contribution in [-0.4, -0.2) is 0 Å². The van der Waals surface area contributed by atoms with E-state index < -0.39 is 0 Å². The zero-order valence-corrected chi connectivity index (χ0v) is 12.9. The summed E-state index contributed by atoms with van der Waals surface area (Å²) in [7, 11) is 0. The van der Waals surface area contributed by atoms with Crippen molar-refractivity contribution in [3.8, 4) is 0 Å². The Kier molecular flexibility index (Phi) is 2.50. The van der Waals surface area contributed by atoms with Crippen LogP contribution in [0.5, 0.6) is 0 Å². The maximum atomic E-state index is 6.81. The zero-order chi connectivity index (χ0) is 14.0. The third kappa shape index (κ3) is 1.79. The first-order valence-corrected chi connectivity index (χ1v) is 8.23. The van der Waals surface area contributed by atoms with Crippen molar-refractivity contribution >= 4 is 0 Å². The molecule has 0 amide bonds. The quantitative estimate of drug-likeness (QED) is 0.828. The van der Waals surface area contributed by atoms with Gasteiger partial charge in [-0.2, -0.15) is 0 Å². The molecule has 1 nitrogen and oxygen atoms in total. The van der Waals surface area contributed by atoms with Crippen molar-refractivity contribution in [3.05, 3.63) is 35.9 Å². The van der Waals surface area contributed by atoms with Gasteiger partial charge in [-0.25, -0.2) is 0 Å². The normalized spacial score (nSPS) is 47.5. The smallest absolute Gasteiger partial charge is 0.0352 e. The van der Waals surface area contributed by atoms with Crippen molar-refractivity contribution in [1.29, 1.82) is 0 Å². The number of rotatable bonds is 2. The summed E-state index contributed by atoms with van der Waals surface area (Å²) in [4.78, 5) is 0. The van der Waals surface area contributed by atoms with Gasteiger partial charge in [0, 0.05) is 6.04 Å². The molecule has 3 atom stereocenters. The first kappa shape index (κ1) is 12.9. The molecule has 1 aromatic rings. The van der Waals surface area contributed by atoms with Gasteiger partial charge in [-0.3, -0.25) is 0 Å². The molecule has 2 N–H and O–H groups in total. The Balaban J connectivity index is 1.74. The van der Waals surface area contributed by atoms with E-state index in [9.17, 15) is 0 Å². The van der Waals surface area contributed by atoms with E-state index in [1.165, 1.54) is 44.1 Å². The SMILES string of the molecule is CC12CC3CC(C)(C1)CC(C(N)c1ccccc1)(C3)C2. The van der Waals surface area contributed by atoms with Crippen LogP contribution >= 0.6 is 0 Å². The van der Waals surface area contributed by atoms with E-state index in [2.05, 4.69) is 44.2 Å². The molecule has 0 spiro atoms. The second-order valence-corrected chi connectivity index (χ2v) is 8.88. The van der Waals surface area contributed by atoms with Crippen LogP contribution in [0.25, 0.3) is 0 Å². The minimum absolute atomic E-state index is 0.228. The van der Waals surface area contributed by atoms with Crippen LogP contribution in [0.3, 0.4) is 0 Å². The van der Waals surface area contributed by atoms with Gasteiger partial charge in [-0.15, -0.1) is 0 Å². The molecule has 0 aromatic heterocycles. The second-order valence-electron chi connectivity index (χ2n) is 8.88. The fourth-order valence-corrected chi connectivity index (χ4v) is 6.90. The molecule has 4 bridgehead atoms. The predicted octanol–water partition coefficient (Wildman–Crippen LogP) is 4.68. The molecule has 3 unspecified atom stereocenters. The highest BCUT2D eigenvalue weighted by molar-refractivity contribution is 5.24. The van der Waals surface area contributed by atoms with Crippen molar-refractivity contribution in [2.45, 2.75) is 58.4 Å². The van der Waals surface area contributed by atoms with Gasteiger partial charge in [0.25, 0.3) is 0 Å². The van der Waals surface area contributed by atoms with Crippen LogP contribution in [0.2, 0.25) is 0 Å². The molecule has 4 aliphatic carbocycles. The Labute approximate surface area is 122 Å². The monoisotopic (exact) mass is 269 g/mol. The highest BCUT2D eigenvalue weighted by atomic mass is 14.8. The minimum atomic E-state index is 0.228. The average molecular weight is 269 g/mol. The summed E-state index contributed by atoms with van der Waals surface area (Å²) in [6.45, 7) is 5.06. The van der Waals surface area contributed by atoms with Crippen molar-refractivity contribution in [1.82, 2.24) is 0 Å². The first-order valence-electron chi connectivity index (χ1n) is 8.23. The third-order valence-electron chi connectivity index (χ3n) is 6.49. The number of benzene rings is 1. The molecule has 4 saturated carbocycles. The molecule has 20 heavy (non-hydrogen) atoms. The van der Waals surface area contributed by atoms with E-state index in [4.69, 9.17) is 5.73 Å². The van der Waals surface area contributed by atoms with Gasteiger partial charge in [0.1, 0.15) is 0 Å². The van der Waals surface area contributed by atoms with Crippen molar-refractivity contribution < 1.29 is 0 Å². The molecule has 108 valence electrons. The lowest BCUT2D eigenvalue weighted by molar-refractivity contribution is -0.154. The molecule has 1 heteroatoms. The number of hydrogen-bond donors (Lipinski definition) is 1. The van der Waals surface area contributed by atoms with Gasteiger partial charge in [0.05, 0.1) is 0 Å². The van der Waals surface area contributed by atoms with E-state index in [0.29, 0.717) is 16.2 Å². The lowest BCUT2D eigenvalue weighted by Crippen LogP contribution is -2.58. The Morgan fingerprint density at radius 3 is 2.10 bits per heavy atom.